The second-order valence-corrected chi connectivity index (χ2v) is 5.16. The summed E-state index contributed by atoms with van der Waals surface area (Å²) >= 11 is 0. The average Bonchev–Trinajstić information content (AvgIpc) is 2.88. The van der Waals surface area contributed by atoms with E-state index < -0.39 is 0 Å². The SMILES string of the molecule is I.c1ccc2c(c1)CCN2CCCNC1=NCCCN1. The summed E-state index contributed by atoms with van der Waals surface area (Å²) < 4.78 is 0. The first kappa shape index (κ1) is 15.4. The van der Waals surface area contributed by atoms with Gasteiger partial charge in [0.25, 0.3) is 0 Å². The highest BCUT2D eigenvalue weighted by atomic mass is 127. The van der Waals surface area contributed by atoms with Crippen molar-refractivity contribution in [2.45, 2.75) is 19.3 Å². The molecule has 0 fully saturated rings. The van der Waals surface area contributed by atoms with Crippen LogP contribution in [0, 0.1) is 0 Å². The lowest BCUT2D eigenvalue weighted by Gasteiger charge is -2.20. The van der Waals surface area contributed by atoms with Crippen molar-refractivity contribution in [1.82, 2.24) is 10.6 Å². The molecule has 20 heavy (non-hydrogen) atoms. The van der Waals surface area contributed by atoms with Gasteiger partial charge in [0.2, 0.25) is 0 Å². The molecule has 0 bridgehead atoms. The summed E-state index contributed by atoms with van der Waals surface area (Å²) in [5, 5.41) is 6.67. The molecule has 1 aromatic rings. The van der Waals surface area contributed by atoms with Crippen molar-refractivity contribution in [1.29, 1.82) is 0 Å². The number of para-hydroxylation sites is 1. The van der Waals surface area contributed by atoms with Gasteiger partial charge in [-0.25, -0.2) is 0 Å². The summed E-state index contributed by atoms with van der Waals surface area (Å²) in [5.74, 6) is 0.980. The van der Waals surface area contributed by atoms with Crippen LogP contribution in [0.3, 0.4) is 0 Å². The Balaban J connectivity index is 0.00000147. The molecule has 0 aliphatic carbocycles. The average molecular weight is 386 g/mol. The zero-order valence-corrected chi connectivity index (χ0v) is 14.1. The predicted octanol–water partition coefficient (Wildman–Crippen LogP) is 2.00. The Hall–Kier alpha value is -0.980. The standard InChI is InChI=1S/C15H22N4.HI/c1-2-6-14-13(5-1)7-12-19(14)11-4-10-18-15-16-8-3-9-17-15;/h1-2,5-6H,3-4,7-12H2,(H2,16,17,18);1H. The third-order valence-electron chi connectivity index (χ3n) is 3.78. The number of rotatable bonds is 4. The van der Waals surface area contributed by atoms with E-state index in [1.807, 2.05) is 0 Å². The van der Waals surface area contributed by atoms with E-state index in [2.05, 4.69) is 44.8 Å². The molecular weight excluding hydrogens is 363 g/mol. The Morgan fingerprint density at radius 1 is 1.30 bits per heavy atom. The van der Waals surface area contributed by atoms with E-state index in [0.717, 1.165) is 45.0 Å². The van der Waals surface area contributed by atoms with E-state index in [4.69, 9.17) is 0 Å². The number of guanidine groups is 1. The number of hydrogen-bond acceptors (Lipinski definition) is 4. The Morgan fingerprint density at radius 2 is 2.20 bits per heavy atom. The van der Waals surface area contributed by atoms with Gasteiger partial charge in [0.05, 0.1) is 0 Å². The molecule has 5 heteroatoms. The summed E-state index contributed by atoms with van der Waals surface area (Å²) in [5.41, 5.74) is 2.92. The van der Waals surface area contributed by atoms with E-state index in [-0.39, 0.29) is 24.0 Å². The van der Waals surface area contributed by atoms with E-state index in [1.165, 1.54) is 24.2 Å². The van der Waals surface area contributed by atoms with Crippen LogP contribution in [0.25, 0.3) is 0 Å². The van der Waals surface area contributed by atoms with E-state index in [1.54, 1.807) is 0 Å². The van der Waals surface area contributed by atoms with Crippen molar-refractivity contribution in [2.24, 2.45) is 4.99 Å². The van der Waals surface area contributed by atoms with Gasteiger partial charge >= 0.3 is 0 Å². The van der Waals surface area contributed by atoms with Crippen molar-refractivity contribution < 1.29 is 0 Å². The fourth-order valence-electron chi connectivity index (χ4n) is 2.77. The highest BCUT2D eigenvalue weighted by Gasteiger charge is 2.17. The Labute approximate surface area is 138 Å². The molecule has 3 rings (SSSR count). The van der Waals surface area contributed by atoms with Crippen molar-refractivity contribution in [2.75, 3.05) is 37.6 Å². The molecule has 2 N–H and O–H groups in total. The van der Waals surface area contributed by atoms with Gasteiger partial charge in [-0.3, -0.25) is 4.99 Å². The Kier molecular flexibility index (Phi) is 5.94. The molecule has 110 valence electrons. The molecule has 2 heterocycles. The lowest BCUT2D eigenvalue weighted by atomic mass is 10.2. The van der Waals surface area contributed by atoms with Gasteiger partial charge in [-0.1, -0.05) is 18.2 Å². The topological polar surface area (TPSA) is 39.7 Å². The minimum absolute atomic E-state index is 0. The molecular formula is C15H23IN4. The number of aliphatic imine (C=N–C) groups is 1. The molecule has 0 radical (unpaired) electrons. The van der Waals surface area contributed by atoms with Crippen LogP contribution in [0.1, 0.15) is 18.4 Å². The Bertz CT molecular complexity index is 461. The highest BCUT2D eigenvalue weighted by molar-refractivity contribution is 14.0. The zero-order valence-electron chi connectivity index (χ0n) is 11.8. The fraction of sp³-hybridized carbons (Fsp3) is 0.533. The van der Waals surface area contributed by atoms with E-state index in [9.17, 15) is 0 Å². The van der Waals surface area contributed by atoms with Crippen LogP contribution >= 0.6 is 24.0 Å². The minimum atomic E-state index is 0. The first-order valence-electron chi connectivity index (χ1n) is 7.28. The second kappa shape index (κ2) is 7.71. The van der Waals surface area contributed by atoms with Crippen LogP contribution in [-0.2, 0) is 6.42 Å². The summed E-state index contributed by atoms with van der Waals surface area (Å²) in [6, 6.07) is 8.75. The fourth-order valence-corrected chi connectivity index (χ4v) is 2.77. The van der Waals surface area contributed by atoms with Gasteiger partial charge in [0, 0.05) is 38.4 Å². The predicted molar refractivity (Wildman–Crippen MR) is 95.3 cm³/mol. The first-order valence-corrected chi connectivity index (χ1v) is 7.28. The second-order valence-electron chi connectivity index (χ2n) is 5.16. The summed E-state index contributed by atoms with van der Waals surface area (Å²) in [6.07, 6.45) is 3.49. The number of hydrogen-bond donors (Lipinski definition) is 2. The highest BCUT2D eigenvalue weighted by Crippen LogP contribution is 2.27. The molecule has 0 saturated carbocycles. The van der Waals surface area contributed by atoms with Crippen LogP contribution < -0.4 is 15.5 Å². The van der Waals surface area contributed by atoms with Crippen LogP contribution in [0.4, 0.5) is 5.69 Å². The summed E-state index contributed by atoms with van der Waals surface area (Å²) in [7, 11) is 0. The monoisotopic (exact) mass is 386 g/mol. The lowest BCUT2D eigenvalue weighted by molar-refractivity contribution is 0.677. The van der Waals surface area contributed by atoms with Gasteiger partial charge in [0.1, 0.15) is 0 Å². The summed E-state index contributed by atoms with van der Waals surface area (Å²) in [4.78, 5) is 6.91. The van der Waals surface area contributed by atoms with Crippen LogP contribution in [0.5, 0.6) is 0 Å². The van der Waals surface area contributed by atoms with Crippen LogP contribution in [-0.4, -0.2) is 38.7 Å². The molecule has 0 unspecified atom stereocenters. The molecule has 0 atom stereocenters. The number of nitrogens with zero attached hydrogens (tertiary/aromatic N) is 2. The maximum absolute atomic E-state index is 4.42. The van der Waals surface area contributed by atoms with Crippen LogP contribution in [0.15, 0.2) is 29.3 Å². The zero-order chi connectivity index (χ0) is 12.9. The smallest absolute Gasteiger partial charge is 0.191 e. The van der Waals surface area contributed by atoms with E-state index >= 15 is 0 Å². The molecule has 1 aromatic carbocycles. The summed E-state index contributed by atoms with van der Waals surface area (Å²) in [6.45, 7) is 5.28. The first-order chi connectivity index (χ1) is 9.43. The van der Waals surface area contributed by atoms with Gasteiger partial charge in [-0.15, -0.1) is 24.0 Å². The van der Waals surface area contributed by atoms with Crippen molar-refractivity contribution in [3.8, 4) is 0 Å². The molecule has 4 nitrogen and oxygen atoms in total. The maximum Gasteiger partial charge on any atom is 0.191 e. The van der Waals surface area contributed by atoms with Gasteiger partial charge in [-0.05, 0) is 30.9 Å². The molecule has 0 spiro atoms. The van der Waals surface area contributed by atoms with Crippen LogP contribution in [0.2, 0.25) is 0 Å². The molecule has 2 aliphatic rings. The normalized spacial score (nSPS) is 16.8. The maximum atomic E-state index is 4.42. The molecule has 0 aromatic heterocycles. The number of fused-ring (bicyclic) bond motifs is 1. The molecule has 0 saturated heterocycles. The van der Waals surface area contributed by atoms with Gasteiger partial charge < -0.3 is 15.5 Å². The Morgan fingerprint density at radius 3 is 3.05 bits per heavy atom. The van der Waals surface area contributed by atoms with Gasteiger partial charge in [0.15, 0.2) is 5.96 Å². The number of nitrogens with one attached hydrogen (secondary N) is 2. The third kappa shape index (κ3) is 3.77. The lowest BCUT2D eigenvalue weighted by Crippen LogP contribution is -2.41. The van der Waals surface area contributed by atoms with E-state index in [0.29, 0.717) is 0 Å². The molecule has 0 amide bonds. The third-order valence-corrected chi connectivity index (χ3v) is 3.78. The van der Waals surface area contributed by atoms with Crippen molar-refractivity contribution >= 4 is 35.6 Å². The van der Waals surface area contributed by atoms with Gasteiger partial charge in [-0.2, -0.15) is 0 Å². The number of halogens is 1. The number of anilines is 1. The quantitative estimate of drug-likeness (QED) is 0.614. The largest absolute Gasteiger partial charge is 0.371 e. The minimum Gasteiger partial charge on any atom is -0.371 e. The van der Waals surface area contributed by atoms with Crippen molar-refractivity contribution in [3.05, 3.63) is 29.8 Å². The number of benzene rings is 1. The van der Waals surface area contributed by atoms with Crippen molar-refractivity contribution in [3.63, 3.8) is 0 Å². The molecule has 2 aliphatic heterocycles.